The lowest BCUT2D eigenvalue weighted by Gasteiger charge is -2.28. The topological polar surface area (TPSA) is 46.6 Å². The average Bonchev–Trinajstić information content (AvgIpc) is 2.48. The Kier molecular flexibility index (Phi) is 5.62. The summed E-state index contributed by atoms with van der Waals surface area (Å²) >= 11 is 0. The number of morpholine rings is 1. The normalized spacial score (nSPS) is 16.9. The fraction of sp³-hybridized carbons (Fsp3) is 0.571. The fourth-order valence-electron chi connectivity index (χ4n) is 2.35. The van der Waals surface area contributed by atoms with Gasteiger partial charge in [0.15, 0.2) is 9.84 Å². The second-order valence-electron chi connectivity index (χ2n) is 5.12. The maximum absolute atomic E-state index is 12.2. The summed E-state index contributed by atoms with van der Waals surface area (Å²) in [6.45, 7) is 5.33. The molecule has 2 rings (SSSR count). The van der Waals surface area contributed by atoms with E-state index >= 15 is 0 Å². The molecule has 0 unspecified atom stereocenters. The van der Waals surface area contributed by atoms with Crippen molar-refractivity contribution < 1.29 is 13.2 Å². The van der Waals surface area contributed by atoms with Gasteiger partial charge in [-0.2, -0.15) is 0 Å². The molecule has 0 atom stereocenters. The maximum Gasteiger partial charge on any atom is 0.175 e. The third-order valence-corrected chi connectivity index (χ3v) is 9.09. The lowest BCUT2D eigenvalue weighted by molar-refractivity contribution is 0.122. The number of hydrogen-bond acceptors (Lipinski definition) is 4. The van der Waals surface area contributed by atoms with Crippen LogP contribution >= 0.6 is 0 Å². The van der Waals surface area contributed by atoms with Crippen molar-refractivity contribution in [2.45, 2.75) is 24.3 Å². The number of nitrogens with zero attached hydrogens (tertiary/aromatic N) is 1. The summed E-state index contributed by atoms with van der Waals surface area (Å²) in [5.74, 6) is 0. The summed E-state index contributed by atoms with van der Waals surface area (Å²) in [4.78, 5) is 2.70. The van der Waals surface area contributed by atoms with E-state index in [0.717, 1.165) is 44.5 Å². The van der Waals surface area contributed by atoms with Crippen LogP contribution in [-0.2, 0) is 14.6 Å². The van der Waals surface area contributed by atoms with Gasteiger partial charge in [-0.25, -0.2) is 8.42 Å². The molecule has 1 saturated heterocycles. The van der Waals surface area contributed by atoms with Crippen molar-refractivity contribution in [1.82, 2.24) is 0 Å². The van der Waals surface area contributed by atoms with Gasteiger partial charge < -0.3 is 9.64 Å². The van der Waals surface area contributed by atoms with Gasteiger partial charge in [-0.3, -0.25) is 0 Å². The lowest BCUT2D eigenvalue weighted by Crippen LogP contribution is -2.36. The van der Waals surface area contributed by atoms with E-state index in [1.807, 2.05) is 12.1 Å². The van der Waals surface area contributed by atoms with E-state index in [9.17, 15) is 8.42 Å². The Morgan fingerprint density at radius 3 is 2.45 bits per heavy atom. The summed E-state index contributed by atoms with van der Waals surface area (Å²) in [6.07, 6.45) is 1.09. The molecule has 0 amide bonds. The number of ether oxygens (including phenoxy) is 1. The predicted octanol–water partition coefficient (Wildman–Crippen LogP) is 1.25. The Balaban J connectivity index is 2.03. The molecule has 1 aromatic rings. The Labute approximate surface area is 123 Å². The van der Waals surface area contributed by atoms with Gasteiger partial charge >= 0.3 is 0 Å². The first kappa shape index (κ1) is 15.5. The van der Waals surface area contributed by atoms with E-state index < -0.39 is 19.4 Å². The van der Waals surface area contributed by atoms with Crippen LogP contribution in [0.15, 0.2) is 29.2 Å². The van der Waals surface area contributed by atoms with Gasteiger partial charge in [0.2, 0.25) is 0 Å². The molecule has 6 heteroatoms. The zero-order valence-electron chi connectivity index (χ0n) is 12.0. The van der Waals surface area contributed by atoms with Crippen LogP contribution < -0.4 is 4.90 Å². The molecule has 1 fully saturated rings. The molecule has 0 N–H and O–H groups in total. The third kappa shape index (κ3) is 4.07. The van der Waals surface area contributed by atoms with Crippen molar-refractivity contribution in [3.63, 3.8) is 0 Å². The minimum absolute atomic E-state index is 0.387. The molecule has 1 aromatic carbocycles. The highest BCUT2D eigenvalue weighted by Gasteiger charge is 2.16. The molecular weight excluding hydrogens is 290 g/mol. The van der Waals surface area contributed by atoms with Crippen LogP contribution in [0.1, 0.15) is 13.3 Å². The molecule has 20 heavy (non-hydrogen) atoms. The van der Waals surface area contributed by atoms with E-state index in [1.54, 1.807) is 12.1 Å². The highest BCUT2D eigenvalue weighted by molar-refractivity contribution is 7.92. The van der Waals surface area contributed by atoms with Gasteiger partial charge in [0, 0.05) is 33.7 Å². The zero-order valence-corrected chi connectivity index (χ0v) is 14.3. The molecule has 0 saturated carbocycles. The largest absolute Gasteiger partial charge is 0.378 e. The lowest BCUT2D eigenvalue weighted by atomic mass is 10.2. The smallest absolute Gasteiger partial charge is 0.175 e. The first-order chi connectivity index (χ1) is 9.63. The van der Waals surface area contributed by atoms with Crippen molar-refractivity contribution in [3.8, 4) is 0 Å². The molecule has 1 aliphatic rings. The van der Waals surface area contributed by atoms with E-state index in [4.69, 9.17) is 4.74 Å². The molecule has 0 bridgehead atoms. The average molecular weight is 313 g/mol. The molecular formula is C14H23NO3SSi. The number of benzene rings is 1. The number of hydrogen-bond donors (Lipinski definition) is 0. The van der Waals surface area contributed by atoms with Gasteiger partial charge in [0.25, 0.3) is 0 Å². The zero-order chi connectivity index (χ0) is 14.4. The maximum atomic E-state index is 12.2. The van der Waals surface area contributed by atoms with Crippen LogP contribution in [0, 0.1) is 0 Å². The van der Waals surface area contributed by atoms with Crippen LogP contribution in [0.2, 0.25) is 6.04 Å². The van der Waals surface area contributed by atoms with Crippen molar-refractivity contribution >= 4 is 25.0 Å². The molecule has 1 aliphatic heterocycles. The minimum Gasteiger partial charge on any atom is -0.378 e. The van der Waals surface area contributed by atoms with Crippen LogP contribution in [0.4, 0.5) is 5.69 Å². The summed E-state index contributed by atoms with van der Waals surface area (Å²) < 4.78 is 29.7. The standard InChI is InChI=1S/C14H23NO3SSi/c1-2-11-20-12-19(16,17)14-5-3-13(4-6-14)15-7-9-18-10-8-15/h3-6H,2,7-12,20H2,1H3. The molecule has 0 spiro atoms. The van der Waals surface area contributed by atoms with Crippen molar-refractivity contribution in [1.29, 1.82) is 0 Å². The Morgan fingerprint density at radius 2 is 1.85 bits per heavy atom. The predicted molar refractivity (Wildman–Crippen MR) is 85.2 cm³/mol. The summed E-state index contributed by atoms with van der Waals surface area (Å²) in [7, 11) is -3.54. The van der Waals surface area contributed by atoms with Crippen LogP contribution in [0.5, 0.6) is 0 Å². The van der Waals surface area contributed by atoms with Gasteiger partial charge in [0.1, 0.15) is 0 Å². The quantitative estimate of drug-likeness (QED) is 0.586. The van der Waals surface area contributed by atoms with Crippen molar-refractivity contribution in [2.24, 2.45) is 0 Å². The van der Waals surface area contributed by atoms with E-state index in [1.165, 1.54) is 0 Å². The third-order valence-electron chi connectivity index (χ3n) is 3.59. The fourth-order valence-corrected chi connectivity index (χ4v) is 6.68. The number of rotatable bonds is 6. The second kappa shape index (κ2) is 7.24. The Hall–Kier alpha value is -0.853. The molecule has 0 aliphatic carbocycles. The molecule has 1 heterocycles. The van der Waals surface area contributed by atoms with E-state index in [0.29, 0.717) is 10.3 Å². The Bertz CT molecular complexity index is 510. The summed E-state index contributed by atoms with van der Waals surface area (Å²) in [5, 5.41) is 0.387. The van der Waals surface area contributed by atoms with Gasteiger partial charge in [0.05, 0.1) is 18.1 Å². The van der Waals surface area contributed by atoms with Crippen molar-refractivity contribution in [3.05, 3.63) is 24.3 Å². The van der Waals surface area contributed by atoms with E-state index in [-0.39, 0.29) is 0 Å². The SMILES string of the molecule is CCC[SiH2]CS(=O)(=O)c1ccc(N2CCOCC2)cc1. The summed E-state index contributed by atoms with van der Waals surface area (Å²) in [6, 6.07) is 8.44. The molecule has 0 aromatic heterocycles. The molecule has 0 radical (unpaired) electrons. The van der Waals surface area contributed by atoms with Gasteiger partial charge in [-0.1, -0.05) is 19.4 Å². The van der Waals surface area contributed by atoms with Crippen molar-refractivity contribution in [2.75, 3.05) is 36.6 Å². The second-order valence-corrected chi connectivity index (χ2v) is 9.87. The van der Waals surface area contributed by atoms with Gasteiger partial charge in [-0.05, 0) is 24.3 Å². The van der Waals surface area contributed by atoms with Crippen LogP contribution in [0.25, 0.3) is 0 Å². The van der Waals surface area contributed by atoms with Gasteiger partial charge in [-0.15, -0.1) is 0 Å². The molecule has 4 nitrogen and oxygen atoms in total. The minimum atomic E-state index is -3.06. The highest BCUT2D eigenvalue weighted by Crippen LogP contribution is 2.19. The van der Waals surface area contributed by atoms with E-state index in [2.05, 4.69) is 11.8 Å². The first-order valence-corrected chi connectivity index (χ1v) is 10.9. The summed E-state index contributed by atoms with van der Waals surface area (Å²) in [5.41, 5.74) is 1.08. The monoisotopic (exact) mass is 313 g/mol. The van der Waals surface area contributed by atoms with Crippen LogP contribution in [-0.4, -0.2) is 49.6 Å². The number of anilines is 1. The first-order valence-electron chi connectivity index (χ1n) is 7.29. The molecule has 112 valence electrons. The Morgan fingerprint density at radius 1 is 1.20 bits per heavy atom. The van der Waals surface area contributed by atoms with Crippen LogP contribution in [0.3, 0.4) is 0 Å². The number of sulfone groups is 1. The highest BCUT2D eigenvalue weighted by atomic mass is 32.2.